The summed E-state index contributed by atoms with van der Waals surface area (Å²) in [5.41, 5.74) is 2.32. The number of amides is 1. The molecule has 28 heavy (non-hydrogen) atoms. The van der Waals surface area contributed by atoms with Gasteiger partial charge in [0, 0.05) is 36.1 Å². The lowest BCUT2D eigenvalue weighted by molar-refractivity contribution is 0.0951. The molecule has 1 aromatic heterocycles. The first-order valence-corrected chi connectivity index (χ1v) is 9.24. The van der Waals surface area contributed by atoms with Crippen LogP contribution in [0, 0.1) is 0 Å². The molecule has 0 radical (unpaired) electrons. The molecule has 0 aliphatic carbocycles. The summed E-state index contributed by atoms with van der Waals surface area (Å²) in [5, 5.41) is 3.83. The number of methoxy groups -OCH3 is 1. The van der Waals surface area contributed by atoms with Crippen LogP contribution in [0.15, 0.2) is 48.8 Å². The zero-order valence-electron chi connectivity index (χ0n) is 15.7. The molecule has 1 amide bonds. The second-order valence-corrected chi connectivity index (χ2v) is 6.52. The quantitative estimate of drug-likeness (QED) is 0.735. The molecular weight excluding hydrogens is 356 g/mol. The lowest BCUT2D eigenvalue weighted by Gasteiger charge is -2.28. The van der Waals surface area contributed by atoms with Crippen molar-refractivity contribution in [2.45, 2.75) is 6.54 Å². The average Bonchev–Trinajstić information content (AvgIpc) is 2.77. The van der Waals surface area contributed by atoms with Crippen LogP contribution in [-0.4, -0.2) is 49.3 Å². The number of carbonyl (C=O) groups excluding carboxylic acids is 1. The maximum Gasteiger partial charge on any atom is 0.251 e. The molecule has 0 bridgehead atoms. The first kappa shape index (κ1) is 18.2. The Morgan fingerprint density at radius 1 is 1.18 bits per heavy atom. The second-order valence-electron chi connectivity index (χ2n) is 6.52. The van der Waals surface area contributed by atoms with E-state index in [1.54, 1.807) is 19.5 Å². The van der Waals surface area contributed by atoms with Crippen molar-refractivity contribution < 1.29 is 14.3 Å². The number of fused-ring (bicyclic) bond motifs is 1. The summed E-state index contributed by atoms with van der Waals surface area (Å²) >= 11 is 0. The van der Waals surface area contributed by atoms with Crippen molar-refractivity contribution in [3.63, 3.8) is 0 Å². The minimum absolute atomic E-state index is 0.149. The molecule has 2 heterocycles. The third kappa shape index (κ3) is 3.75. The Balaban J connectivity index is 1.57. The molecule has 1 N–H and O–H groups in total. The van der Waals surface area contributed by atoms with Crippen molar-refractivity contribution in [2.75, 3.05) is 38.3 Å². The summed E-state index contributed by atoms with van der Waals surface area (Å²) in [6.45, 7) is 3.28. The first-order chi connectivity index (χ1) is 13.8. The summed E-state index contributed by atoms with van der Waals surface area (Å²) in [5.74, 6) is 1.45. The summed E-state index contributed by atoms with van der Waals surface area (Å²) in [6.07, 6.45) is 1.56. The zero-order chi connectivity index (χ0) is 19.3. The van der Waals surface area contributed by atoms with Crippen molar-refractivity contribution in [2.24, 2.45) is 0 Å². The van der Waals surface area contributed by atoms with E-state index in [2.05, 4.69) is 20.2 Å². The summed E-state index contributed by atoms with van der Waals surface area (Å²) in [6, 6.07) is 13.1. The summed E-state index contributed by atoms with van der Waals surface area (Å²) < 4.78 is 10.8. The second kappa shape index (κ2) is 8.22. The number of anilines is 1. The number of carbonyl (C=O) groups is 1. The SMILES string of the molecule is COc1ccccc1CNC(=O)c1ccc2ncnc(N3CCOCC3)c2c1. The summed E-state index contributed by atoms with van der Waals surface area (Å²) in [7, 11) is 1.62. The van der Waals surface area contributed by atoms with E-state index in [4.69, 9.17) is 9.47 Å². The number of benzene rings is 2. The highest BCUT2D eigenvalue weighted by Gasteiger charge is 2.17. The molecular formula is C21H22N4O3. The molecule has 7 nitrogen and oxygen atoms in total. The molecule has 2 aromatic carbocycles. The maximum atomic E-state index is 12.7. The van der Waals surface area contributed by atoms with Gasteiger partial charge in [-0.25, -0.2) is 9.97 Å². The molecule has 0 atom stereocenters. The lowest BCUT2D eigenvalue weighted by Crippen LogP contribution is -2.36. The molecule has 144 valence electrons. The Morgan fingerprint density at radius 3 is 2.82 bits per heavy atom. The Labute approximate surface area is 163 Å². The van der Waals surface area contributed by atoms with Crippen LogP contribution in [0.1, 0.15) is 15.9 Å². The van der Waals surface area contributed by atoms with Crippen LogP contribution in [0.4, 0.5) is 5.82 Å². The van der Waals surface area contributed by atoms with Crippen LogP contribution < -0.4 is 15.0 Å². The number of rotatable bonds is 5. The smallest absolute Gasteiger partial charge is 0.251 e. The number of para-hydroxylation sites is 1. The van der Waals surface area contributed by atoms with Gasteiger partial charge in [-0.2, -0.15) is 0 Å². The predicted molar refractivity (Wildman–Crippen MR) is 107 cm³/mol. The number of aromatic nitrogens is 2. The molecule has 7 heteroatoms. The lowest BCUT2D eigenvalue weighted by atomic mass is 10.1. The van der Waals surface area contributed by atoms with Crippen LogP contribution in [-0.2, 0) is 11.3 Å². The molecule has 1 aliphatic heterocycles. The topological polar surface area (TPSA) is 76.6 Å². The van der Waals surface area contributed by atoms with Crippen molar-refractivity contribution in [3.8, 4) is 5.75 Å². The van der Waals surface area contributed by atoms with E-state index in [-0.39, 0.29) is 5.91 Å². The van der Waals surface area contributed by atoms with Crippen LogP contribution in [0.3, 0.4) is 0 Å². The maximum absolute atomic E-state index is 12.7. The van der Waals surface area contributed by atoms with Gasteiger partial charge in [-0.15, -0.1) is 0 Å². The number of morpholine rings is 1. The summed E-state index contributed by atoms with van der Waals surface area (Å²) in [4.78, 5) is 23.7. The fourth-order valence-corrected chi connectivity index (χ4v) is 3.34. The Morgan fingerprint density at radius 2 is 2.00 bits per heavy atom. The van der Waals surface area contributed by atoms with Gasteiger partial charge in [0.25, 0.3) is 5.91 Å². The molecule has 1 aliphatic rings. The van der Waals surface area contributed by atoms with Gasteiger partial charge in [0.1, 0.15) is 17.9 Å². The van der Waals surface area contributed by atoms with Crippen molar-refractivity contribution >= 4 is 22.6 Å². The van der Waals surface area contributed by atoms with Gasteiger partial charge in [-0.05, 0) is 24.3 Å². The van der Waals surface area contributed by atoms with E-state index in [1.807, 2.05) is 36.4 Å². The normalized spacial score (nSPS) is 14.1. The van der Waals surface area contributed by atoms with Gasteiger partial charge in [0.15, 0.2) is 0 Å². The molecule has 0 spiro atoms. The van der Waals surface area contributed by atoms with Crippen LogP contribution in [0.25, 0.3) is 10.9 Å². The monoisotopic (exact) mass is 378 g/mol. The van der Waals surface area contributed by atoms with Gasteiger partial charge in [0.05, 0.1) is 25.8 Å². The number of ether oxygens (including phenoxy) is 2. The fraction of sp³-hybridized carbons (Fsp3) is 0.286. The minimum Gasteiger partial charge on any atom is -0.496 e. The third-order valence-corrected chi connectivity index (χ3v) is 4.82. The molecule has 1 fully saturated rings. The van der Waals surface area contributed by atoms with Gasteiger partial charge in [-0.3, -0.25) is 4.79 Å². The van der Waals surface area contributed by atoms with E-state index >= 15 is 0 Å². The van der Waals surface area contributed by atoms with Crippen molar-refractivity contribution in [3.05, 3.63) is 59.9 Å². The van der Waals surface area contributed by atoms with Crippen LogP contribution >= 0.6 is 0 Å². The van der Waals surface area contributed by atoms with E-state index < -0.39 is 0 Å². The Hall–Kier alpha value is -3.19. The van der Waals surface area contributed by atoms with Crippen molar-refractivity contribution in [1.82, 2.24) is 15.3 Å². The Bertz CT molecular complexity index is 986. The molecule has 4 rings (SSSR count). The standard InChI is InChI=1S/C21H22N4O3/c1-27-19-5-3-2-4-16(19)13-22-21(26)15-6-7-18-17(12-15)20(24-14-23-18)25-8-10-28-11-9-25/h2-7,12,14H,8-11,13H2,1H3,(H,22,26). The fourth-order valence-electron chi connectivity index (χ4n) is 3.34. The van der Waals surface area contributed by atoms with E-state index in [0.29, 0.717) is 25.3 Å². The number of hydrogen-bond donors (Lipinski definition) is 1. The number of hydrogen-bond acceptors (Lipinski definition) is 6. The third-order valence-electron chi connectivity index (χ3n) is 4.82. The van der Waals surface area contributed by atoms with Gasteiger partial charge in [0.2, 0.25) is 0 Å². The van der Waals surface area contributed by atoms with Crippen molar-refractivity contribution in [1.29, 1.82) is 0 Å². The first-order valence-electron chi connectivity index (χ1n) is 9.24. The van der Waals surface area contributed by atoms with Crippen LogP contribution in [0.5, 0.6) is 5.75 Å². The predicted octanol–water partition coefficient (Wildman–Crippen LogP) is 2.41. The van der Waals surface area contributed by atoms with Gasteiger partial charge < -0.3 is 19.7 Å². The van der Waals surface area contributed by atoms with E-state index in [0.717, 1.165) is 41.1 Å². The van der Waals surface area contributed by atoms with Gasteiger partial charge >= 0.3 is 0 Å². The van der Waals surface area contributed by atoms with E-state index in [9.17, 15) is 4.79 Å². The van der Waals surface area contributed by atoms with E-state index in [1.165, 1.54) is 0 Å². The minimum atomic E-state index is -0.149. The highest BCUT2D eigenvalue weighted by Crippen LogP contribution is 2.25. The van der Waals surface area contributed by atoms with Gasteiger partial charge in [-0.1, -0.05) is 18.2 Å². The highest BCUT2D eigenvalue weighted by atomic mass is 16.5. The number of nitrogens with one attached hydrogen (secondary N) is 1. The molecule has 3 aromatic rings. The largest absolute Gasteiger partial charge is 0.496 e. The number of nitrogens with zero attached hydrogens (tertiary/aromatic N) is 3. The molecule has 1 saturated heterocycles. The molecule has 0 unspecified atom stereocenters. The Kier molecular flexibility index (Phi) is 5.34. The highest BCUT2D eigenvalue weighted by molar-refractivity contribution is 6.00. The van der Waals surface area contributed by atoms with Crippen LogP contribution in [0.2, 0.25) is 0 Å². The zero-order valence-corrected chi connectivity index (χ0v) is 15.7. The molecule has 0 saturated carbocycles. The average molecular weight is 378 g/mol.